The Labute approximate surface area is 210 Å². The molecule has 0 fully saturated rings. The fourth-order valence-electron chi connectivity index (χ4n) is 4.13. The molecule has 0 spiro atoms. The Bertz CT molecular complexity index is 1790. The number of hydrogen-bond donors (Lipinski definition) is 0. The second-order valence-electron chi connectivity index (χ2n) is 8.19. The lowest BCUT2D eigenvalue weighted by molar-refractivity contribution is 0.103. The van der Waals surface area contributed by atoms with E-state index < -0.39 is 0 Å². The third-order valence-corrected chi connectivity index (χ3v) is 5.80. The highest BCUT2D eigenvalue weighted by Gasteiger charge is 2.32. The van der Waals surface area contributed by atoms with Crippen LogP contribution >= 0.6 is 0 Å². The van der Waals surface area contributed by atoms with Gasteiger partial charge in [0.05, 0.1) is 0 Å². The zero-order valence-electron chi connectivity index (χ0n) is 19.5. The number of aromatic nitrogens is 4. The van der Waals surface area contributed by atoms with Crippen LogP contribution in [-0.4, -0.2) is 45.6 Å². The molecule has 10 nitrogen and oxygen atoms in total. The van der Waals surface area contributed by atoms with Crippen LogP contribution in [-0.2, 0) is 0 Å². The minimum atomic E-state index is -0.255. The van der Waals surface area contributed by atoms with Gasteiger partial charge in [0.25, 0.3) is 0 Å². The second kappa shape index (κ2) is 8.77. The molecule has 2 heterocycles. The number of fused-ring (bicyclic) bond motifs is 6. The first-order chi connectivity index (χ1) is 17.9. The molecule has 0 unspecified atom stereocenters. The van der Waals surface area contributed by atoms with E-state index in [4.69, 9.17) is 15.8 Å². The molecule has 0 saturated carbocycles. The summed E-state index contributed by atoms with van der Waals surface area (Å²) < 4.78 is 0. The molecular weight excluding hydrogens is 468 g/mol. The average Bonchev–Trinajstić information content (AvgIpc) is 3.38. The maximum atomic E-state index is 12.2. The van der Waals surface area contributed by atoms with Gasteiger partial charge in [-0.05, 0) is 0 Å². The highest BCUT2D eigenvalue weighted by atomic mass is 16.1. The van der Waals surface area contributed by atoms with Crippen molar-refractivity contribution in [3.63, 3.8) is 0 Å². The van der Waals surface area contributed by atoms with E-state index in [1.165, 1.54) is 0 Å². The zero-order valence-corrected chi connectivity index (χ0v) is 19.5. The minimum absolute atomic E-state index is 0.0549. The van der Waals surface area contributed by atoms with Crippen LogP contribution in [0.4, 0.5) is 5.82 Å². The monoisotopic (exact) mass is 482 g/mol. The Balaban J connectivity index is 0.000000152. The van der Waals surface area contributed by atoms with Gasteiger partial charge in [0.15, 0.2) is 22.9 Å². The molecule has 0 atom stereocenters. The number of nitrogens with zero attached hydrogens (tertiary/aromatic N) is 8. The maximum Gasteiger partial charge on any atom is 0.214 e. The Kier molecular flexibility index (Phi) is 5.45. The van der Waals surface area contributed by atoms with Crippen molar-refractivity contribution < 1.29 is 9.59 Å². The number of carbonyl (C=O) groups excluding carboxylic acids is 2. The molecule has 2 aliphatic rings. The van der Waals surface area contributed by atoms with Gasteiger partial charge in [0.1, 0.15) is 41.0 Å². The largest absolute Gasteiger partial charge is 0.360 e. The van der Waals surface area contributed by atoms with E-state index in [0.29, 0.717) is 33.9 Å². The molecule has 2 aliphatic carbocycles. The van der Waals surface area contributed by atoms with Crippen molar-refractivity contribution >= 4 is 17.4 Å². The molecule has 0 saturated heterocycles. The summed E-state index contributed by atoms with van der Waals surface area (Å²) in [6.45, 7) is 0. The summed E-state index contributed by atoms with van der Waals surface area (Å²) in [4.78, 5) is 42.6. The third-order valence-electron chi connectivity index (χ3n) is 5.80. The van der Waals surface area contributed by atoms with E-state index in [9.17, 15) is 9.59 Å². The average molecular weight is 482 g/mol. The van der Waals surface area contributed by atoms with Crippen molar-refractivity contribution in [2.45, 2.75) is 0 Å². The molecular formula is C27H14N8O2. The van der Waals surface area contributed by atoms with E-state index in [-0.39, 0.29) is 40.0 Å². The summed E-state index contributed by atoms with van der Waals surface area (Å²) >= 11 is 0. The molecule has 37 heavy (non-hydrogen) atoms. The molecule has 0 amide bonds. The quantitative estimate of drug-likeness (QED) is 0.340. The van der Waals surface area contributed by atoms with Gasteiger partial charge in [0, 0.05) is 36.3 Å². The molecule has 2 aromatic heterocycles. The van der Waals surface area contributed by atoms with Gasteiger partial charge in [-0.3, -0.25) is 9.59 Å². The number of ketones is 2. The lowest BCUT2D eigenvalue weighted by atomic mass is 10.1. The van der Waals surface area contributed by atoms with Crippen LogP contribution < -0.4 is 4.90 Å². The predicted molar refractivity (Wildman–Crippen MR) is 130 cm³/mol. The first-order valence-electron chi connectivity index (χ1n) is 10.9. The maximum absolute atomic E-state index is 12.2. The van der Waals surface area contributed by atoms with Crippen LogP contribution in [0, 0.1) is 34.0 Å². The van der Waals surface area contributed by atoms with Crippen LogP contribution in [0.25, 0.3) is 22.5 Å². The fraction of sp³-hybridized carbons (Fsp3) is 0.0741. The first-order valence-corrected chi connectivity index (χ1v) is 10.9. The van der Waals surface area contributed by atoms with E-state index in [2.05, 4.69) is 19.9 Å². The Hall–Kier alpha value is -5.79. The van der Waals surface area contributed by atoms with E-state index >= 15 is 0 Å². The smallest absolute Gasteiger partial charge is 0.214 e. The minimum Gasteiger partial charge on any atom is -0.360 e. The van der Waals surface area contributed by atoms with Crippen LogP contribution in [0.3, 0.4) is 0 Å². The topological polar surface area (TPSA) is 160 Å². The van der Waals surface area contributed by atoms with E-state index in [0.717, 1.165) is 5.56 Å². The van der Waals surface area contributed by atoms with Crippen molar-refractivity contribution in [2.75, 3.05) is 19.0 Å². The zero-order chi connectivity index (χ0) is 26.3. The summed E-state index contributed by atoms with van der Waals surface area (Å²) in [7, 11) is 3.58. The molecule has 2 aromatic carbocycles. The number of rotatable bonds is 1. The molecule has 0 aliphatic heterocycles. The molecule has 0 bridgehead atoms. The first kappa shape index (κ1) is 23.0. The Morgan fingerprint density at radius 1 is 0.568 bits per heavy atom. The molecule has 6 rings (SSSR count). The van der Waals surface area contributed by atoms with Gasteiger partial charge in [-0.1, -0.05) is 48.5 Å². The summed E-state index contributed by atoms with van der Waals surface area (Å²) in [6.07, 6.45) is 0. The number of benzene rings is 2. The van der Waals surface area contributed by atoms with E-state index in [1.54, 1.807) is 61.5 Å². The third kappa shape index (κ3) is 3.56. The molecule has 0 N–H and O–H groups in total. The van der Waals surface area contributed by atoms with Crippen LogP contribution in [0.1, 0.15) is 49.2 Å². The van der Waals surface area contributed by atoms with Gasteiger partial charge in [-0.15, -0.1) is 0 Å². The van der Waals surface area contributed by atoms with Crippen molar-refractivity contribution in [3.8, 4) is 40.7 Å². The summed E-state index contributed by atoms with van der Waals surface area (Å²) in [5.74, 6) is 0.0553. The Morgan fingerprint density at radius 2 is 0.946 bits per heavy atom. The second-order valence-corrected chi connectivity index (χ2v) is 8.19. The lowest BCUT2D eigenvalue weighted by Gasteiger charge is -2.13. The molecule has 4 aromatic rings. The lowest BCUT2D eigenvalue weighted by Crippen LogP contribution is -2.15. The van der Waals surface area contributed by atoms with Gasteiger partial charge in [0.2, 0.25) is 11.6 Å². The number of hydrogen-bond acceptors (Lipinski definition) is 10. The molecule has 174 valence electrons. The van der Waals surface area contributed by atoms with Gasteiger partial charge >= 0.3 is 0 Å². The molecule has 0 radical (unpaired) electrons. The summed E-state index contributed by atoms with van der Waals surface area (Å²) in [6, 6.07) is 19.8. The van der Waals surface area contributed by atoms with Crippen molar-refractivity contribution in [2.24, 2.45) is 0 Å². The van der Waals surface area contributed by atoms with E-state index in [1.807, 2.05) is 24.3 Å². The normalized spacial score (nSPS) is 11.5. The number of carbonyl (C=O) groups is 2. The summed E-state index contributed by atoms with van der Waals surface area (Å²) in [5, 5.41) is 26.9. The van der Waals surface area contributed by atoms with Gasteiger partial charge in [-0.2, -0.15) is 15.8 Å². The molecule has 10 heteroatoms. The predicted octanol–water partition coefficient (Wildman–Crippen LogP) is 3.06. The van der Waals surface area contributed by atoms with Gasteiger partial charge < -0.3 is 4.90 Å². The van der Waals surface area contributed by atoms with Crippen molar-refractivity contribution in [1.82, 2.24) is 19.9 Å². The highest BCUT2D eigenvalue weighted by molar-refractivity contribution is 6.20. The van der Waals surface area contributed by atoms with Crippen LogP contribution in [0.15, 0.2) is 48.5 Å². The van der Waals surface area contributed by atoms with Gasteiger partial charge in [-0.25, -0.2) is 19.9 Å². The highest BCUT2D eigenvalue weighted by Crippen LogP contribution is 2.36. The fourth-order valence-corrected chi connectivity index (χ4v) is 4.13. The SMILES string of the molecule is CN(C)c1nc2c(nc1C#N)C(=O)c1ccccc1-2.N#Cc1nc2c(nc1C#N)-c1ccccc1C2=O. The van der Waals surface area contributed by atoms with Crippen LogP contribution in [0.5, 0.6) is 0 Å². The van der Waals surface area contributed by atoms with Crippen molar-refractivity contribution in [1.29, 1.82) is 15.8 Å². The Morgan fingerprint density at radius 3 is 1.38 bits per heavy atom. The standard InChI is InChI=1S/C14H10N4O.C13H4N4O/c1-18(2)14-10(7-15)16-12-11(17-14)8-5-3-4-6-9(8)13(12)19;14-5-9-10(6-15)17-12-11(16-9)7-3-1-2-4-8(7)13(12)18/h3-6H,1-2H3;1-4H. The van der Waals surface area contributed by atoms with Crippen molar-refractivity contribution in [3.05, 3.63) is 88.1 Å². The summed E-state index contributed by atoms with van der Waals surface area (Å²) in [5.41, 5.74) is 3.89. The number of nitriles is 3. The van der Waals surface area contributed by atoms with Crippen LogP contribution in [0.2, 0.25) is 0 Å². The number of anilines is 1.